The third-order valence-electron chi connectivity index (χ3n) is 3.33. The average Bonchev–Trinajstić information content (AvgIpc) is 2.64. The molecule has 0 radical (unpaired) electrons. The summed E-state index contributed by atoms with van der Waals surface area (Å²) >= 11 is 5.00. The first kappa shape index (κ1) is 11.3. The lowest BCUT2D eigenvalue weighted by Gasteiger charge is -2.31. The topological polar surface area (TPSA) is 17.1 Å². The van der Waals surface area contributed by atoms with E-state index in [1.807, 2.05) is 11.4 Å². The molecule has 1 aromatic rings. The Labute approximate surface area is 103 Å². The standard InChI is InChI=1S/C12H15BrOS/c1-12(6-3-2-4-7-12)11(14)10-9(13)5-8-15-10/h5,8H,2-4,6-7H2,1H3. The second kappa shape index (κ2) is 4.38. The molecule has 1 aromatic heterocycles. The van der Waals surface area contributed by atoms with Gasteiger partial charge in [-0.05, 0) is 40.2 Å². The molecule has 2 rings (SSSR count). The van der Waals surface area contributed by atoms with E-state index in [1.165, 1.54) is 19.3 Å². The lowest BCUT2D eigenvalue weighted by Crippen LogP contribution is -2.29. The van der Waals surface area contributed by atoms with Gasteiger partial charge in [0.25, 0.3) is 0 Å². The van der Waals surface area contributed by atoms with Gasteiger partial charge in [0.05, 0.1) is 4.88 Å². The molecule has 0 bridgehead atoms. The second-order valence-electron chi connectivity index (χ2n) is 4.55. The van der Waals surface area contributed by atoms with Crippen LogP contribution in [0, 0.1) is 5.41 Å². The normalized spacial score (nSPS) is 20.1. The number of halogens is 1. The summed E-state index contributed by atoms with van der Waals surface area (Å²) in [6.45, 7) is 2.13. The molecule has 0 N–H and O–H groups in total. The van der Waals surface area contributed by atoms with Crippen LogP contribution in [0.15, 0.2) is 15.9 Å². The van der Waals surface area contributed by atoms with Gasteiger partial charge in [0.1, 0.15) is 0 Å². The zero-order valence-corrected chi connectivity index (χ0v) is 11.3. The Morgan fingerprint density at radius 3 is 2.60 bits per heavy atom. The van der Waals surface area contributed by atoms with Crippen LogP contribution < -0.4 is 0 Å². The zero-order chi connectivity index (χ0) is 10.9. The smallest absolute Gasteiger partial charge is 0.179 e. The van der Waals surface area contributed by atoms with E-state index in [4.69, 9.17) is 0 Å². The van der Waals surface area contributed by atoms with Crippen molar-refractivity contribution in [2.75, 3.05) is 0 Å². The lowest BCUT2D eigenvalue weighted by molar-refractivity contribution is 0.0753. The predicted molar refractivity (Wildman–Crippen MR) is 67.5 cm³/mol. The van der Waals surface area contributed by atoms with E-state index in [-0.39, 0.29) is 5.41 Å². The molecule has 1 aliphatic carbocycles. The summed E-state index contributed by atoms with van der Waals surface area (Å²) in [6.07, 6.45) is 5.79. The molecule has 0 spiro atoms. The van der Waals surface area contributed by atoms with Gasteiger partial charge in [0.15, 0.2) is 5.78 Å². The molecular formula is C12H15BrOS. The number of Topliss-reactive ketones (excluding diaryl/α,β-unsaturated/α-hetero) is 1. The molecule has 1 nitrogen and oxygen atoms in total. The van der Waals surface area contributed by atoms with E-state index in [0.717, 1.165) is 22.2 Å². The van der Waals surface area contributed by atoms with Crippen molar-refractivity contribution in [1.29, 1.82) is 0 Å². The van der Waals surface area contributed by atoms with E-state index in [0.29, 0.717) is 5.78 Å². The average molecular weight is 287 g/mol. The Kier molecular flexibility index (Phi) is 3.31. The van der Waals surface area contributed by atoms with Crippen molar-refractivity contribution in [3.63, 3.8) is 0 Å². The molecule has 0 aromatic carbocycles. The third-order valence-corrected chi connectivity index (χ3v) is 5.17. The lowest BCUT2D eigenvalue weighted by atomic mass is 9.72. The van der Waals surface area contributed by atoms with E-state index >= 15 is 0 Å². The largest absolute Gasteiger partial charge is 0.293 e. The fraction of sp³-hybridized carbons (Fsp3) is 0.583. The number of hydrogen-bond acceptors (Lipinski definition) is 2. The Morgan fingerprint density at radius 2 is 2.07 bits per heavy atom. The van der Waals surface area contributed by atoms with Crippen molar-refractivity contribution in [2.24, 2.45) is 5.41 Å². The van der Waals surface area contributed by atoms with Gasteiger partial charge < -0.3 is 0 Å². The van der Waals surface area contributed by atoms with Crippen LogP contribution in [-0.4, -0.2) is 5.78 Å². The van der Waals surface area contributed by atoms with Crippen molar-refractivity contribution in [3.05, 3.63) is 20.8 Å². The van der Waals surface area contributed by atoms with E-state index in [1.54, 1.807) is 11.3 Å². The highest BCUT2D eigenvalue weighted by atomic mass is 79.9. The van der Waals surface area contributed by atoms with Crippen molar-refractivity contribution in [1.82, 2.24) is 0 Å². The summed E-state index contributed by atoms with van der Waals surface area (Å²) in [5.74, 6) is 0.337. The maximum atomic E-state index is 12.4. The molecule has 1 fully saturated rings. The molecule has 15 heavy (non-hydrogen) atoms. The van der Waals surface area contributed by atoms with E-state index in [2.05, 4.69) is 22.9 Å². The van der Waals surface area contributed by atoms with E-state index < -0.39 is 0 Å². The van der Waals surface area contributed by atoms with Crippen LogP contribution in [0.4, 0.5) is 0 Å². The molecular weight excluding hydrogens is 272 g/mol. The van der Waals surface area contributed by atoms with Crippen LogP contribution >= 0.6 is 27.3 Å². The highest BCUT2D eigenvalue weighted by Crippen LogP contribution is 2.41. The summed E-state index contributed by atoms with van der Waals surface area (Å²) in [5, 5.41) is 1.98. The molecule has 0 atom stereocenters. The summed E-state index contributed by atoms with van der Waals surface area (Å²) < 4.78 is 0.962. The molecule has 3 heteroatoms. The number of carbonyl (C=O) groups is 1. The van der Waals surface area contributed by atoms with Crippen molar-refractivity contribution >= 4 is 33.0 Å². The number of thiophene rings is 1. The molecule has 1 aliphatic rings. The van der Waals surface area contributed by atoms with Crippen LogP contribution in [-0.2, 0) is 0 Å². The maximum absolute atomic E-state index is 12.4. The Bertz CT molecular complexity index is 363. The number of carbonyl (C=O) groups excluding carboxylic acids is 1. The van der Waals surface area contributed by atoms with Crippen molar-refractivity contribution in [3.8, 4) is 0 Å². The summed E-state index contributed by atoms with van der Waals surface area (Å²) in [6, 6.07) is 1.96. The molecule has 0 saturated heterocycles. The molecule has 1 saturated carbocycles. The van der Waals surface area contributed by atoms with Gasteiger partial charge in [0.2, 0.25) is 0 Å². The maximum Gasteiger partial charge on any atom is 0.179 e. The van der Waals surface area contributed by atoms with Gasteiger partial charge >= 0.3 is 0 Å². The molecule has 1 heterocycles. The van der Waals surface area contributed by atoms with Gasteiger partial charge in [-0.1, -0.05) is 26.2 Å². The van der Waals surface area contributed by atoms with Gasteiger partial charge in [0, 0.05) is 9.89 Å². The first-order chi connectivity index (χ1) is 7.13. The number of hydrogen-bond donors (Lipinski definition) is 0. The molecule has 0 unspecified atom stereocenters. The minimum Gasteiger partial charge on any atom is -0.293 e. The predicted octanol–water partition coefficient (Wildman–Crippen LogP) is 4.66. The van der Waals surface area contributed by atoms with Crippen LogP contribution in [0.5, 0.6) is 0 Å². The van der Waals surface area contributed by atoms with E-state index in [9.17, 15) is 4.79 Å². The van der Waals surface area contributed by atoms with Crippen LogP contribution in [0.1, 0.15) is 48.7 Å². The fourth-order valence-corrected chi connectivity index (χ4v) is 3.93. The number of ketones is 1. The second-order valence-corrected chi connectivity index (χ2v) is 6.32. The summed E-state index contributed by atoms with van der Waals surface area (Å²) in [4.78, 5) is 13.3. The first-order valence-electron chi connectivity index (χ1n) is 5.41. The minimum atomic E-state index is -0.106. The molecule has 82 valence electrons. The van der Waals surface area contributed by atoms with Gasteiger partial charge in [-0.2, -0.15) is 0 Å². The van der Waals surface area contributed by atoms with Crippen molar-refractivity contribution in [2.45, 2.75) is 39.0 Å². The van der Waals surface area contributed by atoms with Gasteiger partial charge in [-0.25, -0.2) is 0 Å². The first-order valence-corrected chi connectivity index (χ1v) is 7.08. The Hall–Kier alpha value is -0.150. The van der Waals surface area contributed by atoms with Crippen molar-refractivity contribution < 1.29 is 4.79 Å². The Balaban J connectivity index is 2.23. The summed E-state index contributed by atoms with van der Waals surface area (Å²) in [7, 11) is 0. The zero-order valence-electron chi connectivity index (χ0n) is 8.88. The highest BCUT2D eigenvalue weighted by molar-refractivity contribution is 9.10. The third kappa shape index (κ3) is 2.18. The minimum absolute atomic E-state index is 0.106. The molecule has 0 amide bonds. The summed E-state index contributed by atoms with van der Waals surface area (Å²) in [5.41, 5.74) is -0.106. The SMILES string of the molecule is CC1(C(=O)c2sccc2Br)CCCCC1. The fourth-order valence-electron chi connectivity index (χ4n) is 2.29. The van der Waals surface area contributed by atoms with Crippen LogP contribution in [0.3, 0.4) is 0 Å². The quantitative estimate of drug-likeness (QED) is 0.723. The monoisotopic (exact) mass is 286 g/mol. The van der Waals surface area contributed by atoms with Crippen LogP contribution in [0.25, 0.3) is 0 Å². The van der Waals surface area contributed by atoms with Crippen LogP contribution in [0.2, 0.25) is 0 Å². The number of rotatable bonds is 2. The van der Waals surface area contributed by atoms with Gasteiger partial charge in [-0.3, -0.25) is 4.79 Å². The molecule has 0 aliphatic heterocycles. The highest BCUT2D eigenvalue weighted by Gasteiger charge is 2.36. The Morgan fingerprint density at radius 1 is 1.40 bits per heavy atom. The van der Waals surface area contributed by atoms with Gasteiger partial charge in [-0.15, -0.1) is 11.3 Å².